The van der Waals surface area contributed by atoms with E-state index in [0.29, 0.717) is 31.7 Å². The summed E-state index contributed by atoms with van der Waals surface area (Å²) in [5.41, 5.74) is 0.330. The summed E-state index contributed by atoms with van der Waals surface area (Å²) in [5, 5.41) is 2.80. The highest BCUT2D eigenvalue weighted by Crippen LogP contribution is 2.26. The molecule has 1 saturated heterocycles. The summed E-state index contributed by atoms with van der Waals surface area (Å²) in [4.78, 5) is 11.9. The summed E-state index contributed by atoms with van der Waals surface area (Å²) in [5.74, 6) is -1.03. The lowest BCUT2D eigenvalue weighted by Gasteiger charge is -2.26. The maximum atomic E-state index is 13.0. The van der Waals surface area contributed by atoms with Crippen molar-refractivity contribution in [1.82, 2.24) is 5.32 Å². The second kappa shape index (κ2) is 6.33. The quantitative estimate of drug-likeness (QED) is 0.901. The zero-order valence-corrected chi connectivity index (χ0v) is 11.8. The Morgan fingerprint density at radius 2 is 2.15 bits per heavy atom. The minimum Gasteiger partial charge on any atom is -0.352 e. The average molecular weight is 281 g/mol. The molecule has 110 valence electrons. The Balaban J connectivity index is 1.81. The van der Waals surface area contributed by atoms with Crippen molar-refractivity contribution in [3.63, 3.8) is 0 Å². The van der Waals surface area contributed by atoms with Crippen molar-refractivity contribution in [1.29, 1.82) is 0 Å². The molecule has 4 nitrogen and oxygen atoms in total. The van der Waals surface area contributed by atoms with Crippen LogP contribution in [0.2, 0.25) is 0 Å². The lowest BCUT2D eigenvalue weighted by Crippen LogP contribution is -2.34. The average Bonchev–Trinajstić information content (AvgIpc) is 2.82. The predicted octanol–water partition coefficient (Wildman–Crippen LogP) is 2.34. The Morgan fingerprint density at radius 1 is 1.45 bits per heavy atom. The van der Waals surface area contributed by atoms with E-state index in [0.717, 1.165) is 0 Å². The molecule has 1 amide bonds. The van der Waals surface area contributed by atoms with Crippen LogP contribution in [-0.2, 0) is 9.47 Å². The largest absolute Gasteiger partial charge is 0.352 e. The summed E-state index contributed by atoms with van der Waals surface area (Å²) in [6.07, 6.45) is 0.705. The molecule has 1 heterocycles. The van der Waals surface area contributed by atoms with Crippen LogP contribution in [0.4, 0.5) is 4.39 Å². The van der Waals surface area contributed by atoms with Gasteiger partial charge >= 0.3 is 0 Å². The second-order valence-corrected chi connectivity index (χ2v) is 5.36. The van der Waals surface area contributed by atoms with Crippen molar-refractivity contribution in [2.24, 2.45) is 5.92 Å². The van der Waals surface area contributed by atoms with E-state index in [9.17, 15) is 9.18 Å². The molecule has 1 N–H and O–H groups in total. The number of amides is 1. The Labute approximate surface area is 118 Å². The third-order valence-electron chi connectivity index (χ3n) is 3.32. The predicted molar refractivity (Wildman–Crippen MR) is 72.8 cm³/mol. The fraction of sp³-hybridized carbons (Fsp3) is 0.533. The van der Waals surface area contributed by atoms with Crippen molar-refractivity contribution >= 4 is 5.91 Å². The van der Waals surface area contributed by atoms with Crippen LogP contribution >= 0.6 is 0 Å². The highest BCUT2D eigenvalue weighted by Gasteiger charge is 2.32. The molecule has 1 unspecified atom stereocenters. The van der Waals surface area contributed by atoms with Gasteiger partial charge in [0.2, 0.25) is 0 Å². The van der Waals surface area contributed by atoms with Crippen LogP contribution in [0.1, 0.15) is 30.6 Å². The van der Waals surface area contributed by atoms with Crippen molar-refractivity contribution in [3.8, 4) is 0 Å². The van der Waals surface area contributed by atoms with E-state index in [4.69, 9.17) is 9.47 Å². The molecule has 0 saturated carbocycles. The number of benzene rings is 1. The summed E-state index contributed by atoms with van der Waals surface area (Å²) in [6.45, 7) is 5.64. The number of hydrogen-bond acceptors (Lipinski definition) is 3. The summed E-state index contributed by atoms with van der Waals surface area (Å²) >= 11 is 0. The molecule has 1 aromatic rings. The third kappa shape index (κ3) is 4.02. The molecule has 1 fully saturated rings. The van der Waals surface area contributed by atoms with Gasteiger partial charge in [-0.2, -0.15) is 0 Å². The number of carbonyl (C=O) groups excluding carboxylic acids is 1. The van der Waals surface area contributed by atoms with Crippen molar-refractivity contribution < 1.29 is 18.7 Å². The van der Waals surface area contributed by atoms with Gasteiger partial charge in [0.1, 0.15) is 5.82 Å². The Bertz CT molecular complexity index is 472. The lowest BCUT2D eigenvalue weighted by molar-refractivity contribution is -0.153. The molecular weight excluding hydrogens is 261 g/mol. The molecular formula is C15H20FNO3. The molecule has 0 aliphatic carbocycles. The van der Waals surface area contributed by atoms with Gasteiger partial charge in [-0.25, -0.2) is 4.39 Å². The first-order valence-electron chi connectivity index (χ1n) is 6.80. The molecule has 1 aliphatic heterocycles. The maximum Gasteiger partial charge on any atom is 0.251 e. The van der Waals surface area contributed by atoms with E-state index in [2.05, 4.69) is 5.32 Å². The van der Waals surface area contributed by atoms with Gasteiger partial charge in [0.05, 0.1) is 13.2 Å². The zero-order valence-electron chi connectivity index (χ0n) is 11.8. The van der Waals surface area contributed by atoms with E-state index in [1.54, 1.807) is 6.07 Å². The number of carbonyl (C=O) groups is 1. The van der Waals surface area contributed by atoms with E-state index < -0.39 is 11.6 Å². The van der Waals surface area contributed by atoms with Crippen LogP contribution in [0.3, 0.4) is 0 Å². The SMILES string of the molecule is CC(CNC(=O)c1cccc(F)c1)CC1(C)OCCO1. The van der Waals surface area contributed by atoms with E-state index >= 15 is 0 Å². The summed E-state index contributed by atoms with van der Waals surface area (Å²) in [6, 6.07) is 5.65. The van der Waals surface area contributed by atoms with Crippen molar-refractivity contribution in [2.75, 3.05) is 19.8 Å². The number of halogens is 1. The number of nitrogens with one attached hydrogen (secondary N) is 1. The van der Waals surface area contributed by atoms with Crippen LogP contribution in [0.15, 0.2) is 24.3 Å². The third-order valence-corrected chi connectivity index (χ3v) is 3.32. The zero-order chi connectivity index (χ0) is 14.6. The van der Waals surface area contributed by atoms with Crippen molar-refractivity contribution in [3.05, 3.63) is 35.6 Å². The molecule has 20 heavy (non-hydrogen) atoms. The topological polar surface area (TPSA) is 47.6 Å². The summed E-state index contributed by atoms with van der Waals surface area (Å²) < 4.78 is 24.1. The fourth-order valence-corrected chi connectivity index (χ4v) is 2.38. The monoisotopic (exact) mass is 281 g/mol. The van der Waals surface area contributed by atoms with Gasteiger partial charge in [0.15, 0.2) is 5.79 Å². The Hall–Kier alpha value is -1.46. The van der Waals surface area contributed by atoms with Crippen LogP contribution in [0.5, 0.6) is 0 Å². The molecule has 1 atom stereocenters. The number of hydrogen-bond donors (Lipinski definition) is 1. The molecule has 0 aromatic heterocycles. The lowest BCUT2D eigenvalue weighted by atomic mass is 10.0. The van der Waals surface area contributed by atoms with Crippen LogP contribution in [-0.4, -0.2) is 31.5 Å². The Kier molecular flexibility index (Phi) is 4.73. The minimum atomic E-state index is -0.553. The van der Waals surface area contributed by atoms with Gasteiger partial charge in [-0.05, 0) is 31.0 Å². The number of rotatable bonds is 5. The molecule has 2 rings (SSSR count). The van der Waals surface area contributed by atoms with Crippen molar-refractivity contribution in [2.45, 2.75) is 26.1 Å². The minimum absolute atomic E-state index is 0.204. The normalized spacial score (nSPS) is 18.8. The van der Waals surface area contributed by atoms with Crippen LogP contribution in [0.25, 0.3) is 0 Å². The fourth-order valence-electron chi connectivity index (χ4n) is 2.38. The highest BCUT2D eigenvalue weighted by atomic mass is 19.1. The smallest absolute Gasteiger partial charge is 0.251 e. The molecule has 5 heteroatoms. The molecule has 0 spiro atoms. The van der Waals surface area contributed by atoms with Gasteiger partial charge in [0.25, 0.3) is 5.91 Å². The molecule has 0 radical (unpaired) electrons. The molecule has 1 aromatic carbocycles. The van der Waals surface area contributed by atoms with Crippen LogP contribution < -0.4 is 5.32 Å². The summed E-state index contributed by atoms with van der Waals surface area (Å²) in [7, 11) is 0. The first-order valence-corrected chi connectivity index (χ1v) is 6.80. The van der Waals surface area contributed by atoms with Gasteiger partial charge < -0.3 is 14.8 Å². The van der Waals surface area contributed by atoms with Crippen LogP contribution in [0, 0.1) is 11.7 Å². The van der Waals surface area contributed by atoms with E-state index in [1.807, 2.05) is 13.8 Å². The highest BCUT2D eigenvalue weighted by molar-refractivity contribution is 5.94. The van der Waals surface area contributed by atoms with Gasteiger partial charge in [-0.1, -0.05) is 13.0 Å². The number of ether oxygens (including phenoxy) is 2. The first-order chi connectivity index (χ1) is 9.48. The van der Waals surface area contributed by atoms with Gasteiger partial charge in [-0.15, -0.1) is 0 Å². The standard InChI is InChI=1S/C15H20FNO3/c1-11(9-15(2)19-6-7-20-15)10-17-14(18)12-4-3-5-13(16)8-12/h3-5,8,11H,6-7,9-10H2,1-2H3,(H,17,18). The van der Waals surface area contributed by atoms with E-state index in [-0.39, 0.29) is 11.8 Å². The maximum absolute atomic E-state index is 13.0. The first kappa shape index (κ1) is 14.9. The van der Waals surface area contributed by atoms with E-state index in [1.165, 1.54) is 18.2 Å². The van der Waals surface area contributed by atoms with Gasteiger partial charge in [-0.3, -0.25) is 4.79 Å². The molecule has 0 bridgehead atoms. The second-order valence-electron chi connectivity index (χ2n) is 5.36. The Morgan fingerprint density at radius 3 is 2.80 bits per heavy atom. The van der Waals surface area contributed by atoms with Gasteiger partial charge in [0, 0.05) is 18.5 Å². The molecule has 1 aliphatic rings.